The lowest BCUT2D eigenvalue weighted by Gasteiger charge is -2.31. The summed E-state index contributed by atoms with van der Waals surface area (Å²) < 4.78 is 7.67. The summed E-state index contributed by atoms with van der Waals surface area (Å²) in [6, 6.07) is 12.2. The van der Waals surface area contributed by atoms with E-state index in [0.29, 0.717) is 17.1 Å². The largest absolute Gasteiger partial charge is 0.378 e. The summed E-state index contributed by atoms with van der Waals surface area (Å²) in [4.78, 5) is 18.0. The molecule has 0 bridgehead atoms. The highest BCUT2D eigenvalue weighted by Gasteiger charge is 2.19. The number of morpholine rings is 1. The number of likely N-dealkylation sites (N-methyl/N-ethyl adjacent to an activating group) is 1. The Balaban J connectivity index is 1.49. The van der Waals surface area contributed by atoms with Gasteiger partial charge in [0.1, 0.15) is 6.54 Å². The monoisotopic (exact) mass is 429 g/mol. The van der Waals surface area contributed by atoms with Crippen molar-refractivity contribution >= 4 is 35.1 Å². The highest BCUT2D eigenvalue weighted by molar-refractivity contribution is 7.71. The summed E-state index contributed by atoms with van der Waals surface area (Å²) in [6.45, 7) is 3.87. The molecule has 29 heavy (non-hydrogen) atoms. The maximum atomic E-state index is 13.0. The number of para-hydroxylation sites is 1. The van der Waals surface area contributed by atoms with E-state index >= 15 is 0 Å². The quantitative estimate of drug-likeness (QED) is 0.610. The predicted octanol–water partition coefficient (Wildman–Crippen LogP) is 3.16. The summed E-state index contributed by atoms with van der Waals surface area (Å²) >= 11 is 6.92. The number of aromatic nitrogens is 3. The van der Waals surface area contributed by atoms with E-state index in [0.717, 1.165) is 42.4 Å². The van der Waals surface area contributed by atoms with Crippen molar-refractivity contribution in [3.05, 3.63) is 52.1 Å². The van der Waals surface area contributed by atoms with Crippen LogP contribution in [0.5, 0.6) is 0 Å². The van der Waals surface area contributed by atoms with Gasteiger partial charge in [-0.15, -0.1) is 11.3 Å². The average Bonchev–Trinajstić information content (AvgIpc) is 3.39. The molecule has 152 valence electrons. The molecule has 0 aliphatic carbocycles. The van der Waals surface area contributed by atoms with Gasteiger partial charge in [0.25, 0.3) is 0 Å². The van der Waals surface area contributed by atoms with Gasteiger partial charge in [0.15, 0.2) is 10.6 Å². The lowest BCUT2D eigenvalue weighted by molar-refractivity contribution is -0.131. The molecule has 0 radical (unpaired) electrons. The Morgan fingerprint density at radius 2 is 2.07 bits per heavy atom. The van der Waals surface area contributed by atoms with Gasteiger partial charge in [0.2, 0.25) is 5.91 Å². The van der Waals surface area contributed by atoms with Crippen LogP contribution in [0.15, 0.2) is 41.8 Å². The molecule has 0 unspecified atom stereocenters. The molecule has 1 fully saturated rings. The SMILES string of the molecule is CN(Cc1ccccc1N1CCOCC1)C(=O)Cn1c(-c2cccs2)n[nH]c1=S. The molecule has 0 atom stereocenters. The zero-order chi connectivity index (χ0) is 20.2. The van der Waals surface area contributed by atoms with Gasteiger partial charge in [-0.2, -0.15) is 5.10 Å². The predicted molar refractivity (Wildman–Crippen MR) is 117 cm³/mol. The number of nitrogens with one attached hydrogen (secondary N) is 1. The number of carbonyl (C=O) groups excluding carboxylic acids is 1. The Kier molecular flexibility index (Phi) is 6.08. The van der Waals surface area contributed by atoms with Crippen LogP contribution in [-0.4, -0.2) is 58.9 Å². The summed E-state index contributed by atoms with van der Waals surface area (Å²) in [5, 5.41) is 9.08. The van der Waals surface area contributed by atoms with Crippen LogP contribution < -0.4 is 4.90 Å². The summed E-state index contributed by atoms with van der Waals surface area (Å²) in [5.41, 5.74) is 2.29. The van der Waals surface area contributed by atoms with Crippen molar-refractivity contribution in [1.29, 1.82) is 0 Å². The third kappa shape index (κ3) is 4.42. The Hall–Kier alpha value is -2.49. The van der Waals surface area contributed by atoms with Crippen molar-refractivity contribution in [3.8, 4) is 10.7 Å². The second-order valence-electron chi connectivity index (χ2n) is 6.89. The van der Waals surface area contributed by atoms with E-state index in [9.17, 15) is 4.79 Å². The Morgan fingerprint density at radius 3 is 2.83 bits per heavy atom. The minimum absolute atomic E-state index is 0.0166. The molecule has 7 nitrogen and oxygen atoms in total. The Labute approximate surface area is 178 Å². The van der Waals surface area contributed by atoms with Crippen LogP contribution in [0.4, 0.5) is 5.69 Å². The van der Waals surface area contributed by atoms with Crippen molar-refractivity contribution in [2.24, 2.45) is 0 Å². The molecule has 0 spiro atoms. The Morgan fingerprint density at radius 1 is 1.28 bits per heavy atom. The van der Waals surface area contributed by atoms with Gasteiger partial charge < -0.3 is 14.5 Å². The first kappa shape index (κ1) is 19.8. The molecule has 1 saturated heterocycles. The van der Waals surface area contributed by atoms with Crippen molar-refractivity contribution in [1.82, 2.24) is 19.7 Å². The van der Waals surface area contributed by atoms with Crippen LogP contribution in [-0.2, 0) is 22.6 Å². The van der Waals surface area contributed by atoms with Crippen molar-refractivity contribution in [2.75, 3.05) is 38.3 Å². The first-order valence-electron chi connectivity index (χ1n) is 9.47. The molecule has 1 amide bonds. The van der Waals surface area contributed by atoms with Crippen LogP contribution in [0, 0.1) is 4.77 Å². The number of carbonyl (C=O) groups is 1. The standard InChI is InChI=1S/C20H23N5O2S2/c1-23(13-15-5-2-3-6-16(15)24-8-10-27-11-9-24)18(26)14-25-19(21-22-20(25)28)17-7-4-12-29-17/h2-7,12H,8-11,13-14H2,1H3,(H,22,28). The number of nitrogens with zero attached hydrogens (tertiary/aromatic N) is 4. The lowest BCUT2D eigenvalue weighted by atomic mass is 10.1. The normalized spacial score (nSPS) is 14.2. The fourth-order valence-corrected chi connectivity index (χ4v) is 4.33. The smallest absolute Gasteiger partial charge is 0.242 e. The summed E-state index contributed by atoms with van der Waals surface area (Å²) in [6.07, 6.45) is 0. The molecule has 1 N–H and O–H groups in total. The minimum atomic E-state index is -0.0166. The fourth-order valence-electron chi connectivity index (χ4n) is 3.42. The second kappa shape index (κ2) is 8.89. The third-order valence-corrected chi connectivity index (χ3v) is 6.15. The molecular weight excluding hydrogens is 406 g/mol. The number of hydrogen-bond acceptors (Lipinski definition) is 6. The van der Waals surface area contributed by atoms with E-state index in [2.05, 4.69) is 27.2 Å². The summed E-state index contributed by atoms with van der Waals surface area (Å²) in [7, 11) is 1.83. The van der Waals surface area contributed by atoms with Gasteiger partial charge in [-0.3, -0.25) is 14.5 Å². The van der Waals surface area contributed by atoms with Gasteiger partial charge in [0, 0.05) is 32.4 Å². The van der Waals surface area contributed by atoms with Crippen LogP contribution in [0.2, 0.25) is 0 Å². The molecular formula is C20H23N5O2S2. The number of hydrogen-bond donors (Lipinski definition) is 1. The van der Waals surface area contributed by atoms with Crippen LogP contribution in [0.3, 0.4) is 0 Å². The third-order valence-electron chi connectivity index (χ3n) is 4.97. The van der Waals surface area contributed by atoms with E-state index in [1.807, 2.05) is 36.7 Å². The highest BCUT2D eigenvalue weighted by atomic mass is 32.1. The molecule has 1 aliphatic heterocycles. The van der Waals surface area contributed by atoms with Gasteiger partial charge in [-0.05, 0) is 35.3 Å². The zero-order valence-electron chi connectivity index (χ0n) is 16.2. The number of rotatable bonds is 6. The van der Waals surface area contributed by atoms with E-state index in [1.165, 1.54) is 0 Å². The van der Waals surface area contributed by atoms with Gasteiger partial charge in [-0.1, -0.05) is 24.3 Å². The van der Waals surface area contributed by atoms with Crippen molar-refractivity contribution in [3.63, 3.8) is 0 Å². The van der Waals surface area contributed by atoms with E-state index < -0.39 is 0 Å². The molecule has 4 rings (SSSR count). The molecule has 3 heterocycles. The molecule has 1 aliphatic rings. The van der Waals surface area contributed by atoms with Gasteiger partial charge in [-0.25, -0.2) is 0 Å². The fraction of sp³-hybridized carbons (Fsp3) is 0.350. The van der Waals surface area contributed by atoms with E-state index in [-0.39, 0.29) is 12.5 Å². The first-order chi connectivity index (χ1) is 14.1. The number of benzene rings is 1. The molecule has 1 aromatic carbocycles. The molecule has 3 aromatic rings. The minimum Gasteiger partial charge on any atom is -0.378 e. The van der Waals surface area contributed by atoms with Gasteiger partial charge >= 0.3 is 0 Å². The number of aromatic amines is 1. The van der Waals surface area contributed by atoms with Crippen LogP contribution in [0.1, 0.15) is 5.56 Å². The number of anilines is 1. The number of H-pyrrole nitrogens is 1. The topological polar surface area (TPSA) is 66.4 Å². The molecule has 9 heteroatoms. The number of thiophene rings is 1. The van der Waals surface area contributed by atoms with E-state index in [4.69, 9.17) is 17.0 Å². The molecule has 2 aromatic heterocycles. The average molecular weight is 430 g/mol. The van der Waals surface area contributed by atoms with E-state index in [1.54, 1.807) is 20.8 Å². The van der Waals surface area contributed by atoms with Crippen molar-refractivity contribution < 1.29 is 9.53 Å². The summed E-state index contributed by atoms with van der Waals surface area (Å²) in [5.74, 6) is 0.678. The van der Waals surface area contributed by atoms with Crippen LogP contribution in [0.25, 0.3) is 10.7 Å². The maximum absolute atomic E-state index is 13.0. The Bertz CT molecular complexity index is 1020. The lowest BCUT2D eigenvalue weighted by Crippen LogP contribution is -2.37. The van der Waals surface area contributed by atoms with Crippen LogP contribution >= 0.6 is 23.6 Å². The number of ether oxygens (including phenoxy) is 1. The highest BCUT2D eigenvalue weighted by Crippen LogP contribution is 2.24. The van der Waals surface area contributed by atoms with Gasteiger partial charge in [0.05, 0.1) is 18.1 Å². The van der Waals surface area contributed by atoms with Crippen molar-refractivity contribution in [2.45, 2.75) is 13.1 Å². The zero-order valence-corrected chi connectivity index (χ0v) is 17.8. The molecule has 0 saturated carbocycles. The second-order valence-corrected chi connectivity index (χ2v) is 8.23. The number of amides is 1. The first-order valence-corrected chi connectivity index (χ1v) is 10.8. The maximum Gasteiger partial charge on any atom is 0.242 e.